The van der Waals surface area contributed by atoms with Crippen LogP contribution in [0.15, 0.2) is 12.7 Å². The Labute approximate surface area is 89.6 Å². The summed E-state index contributed by atoms with van der Waals surface area (Å²) in [4.78, 5) is 9.25. The van der Waals surface area contributed by atoms with Crippen molar-refractivity contribution in [3.63, 3.8) is 0 Å². The van der Waals surface area contributed by atoms with Crippen LogP contribution in [-0.2, 0) is 19.0 Å². The van der Waals surface area contributed by atoms with Crippen LogP contribution >= 0.6 is 0 Å². The standard InChI is InChI=1S/C6H10O3.C3H4O2.CH4/c1(5-3-8-5)7-2-6-4-9-6;1-2-3(4)5;/h5-6H,1-4H2;2H,1H2,(H,4,5);1H4. The monoisotopic (exact) mass is 218 g/mol. The van der Waals surface area contributed by atoms with Gasteiger partial charge in [-0.3, -0.25) is 0 Å². The van der Waals surface area contributed by atoms with Gasteiger partial charge in [-0.05, 0) is 0 Å². The van der Waals surface area contributed by atoms with E-state index in [9.17, 15) is 4.79 Å². The van der Waals surface area contributed by atoms with Gasteiger partial charge in [0, 0.05) is 6.08 Å². The van der Waals surface area contributed by atoms with Crippen LogP contribution in [0.1, 0.15) is 7.43 Å². The lowest BCUT2D eigenvalue weighted by Crippen LogP contribution is -2.06. The number of aliphatic carboxylic acids is 1. The molecule has 15 heavy (non-hydrogen) atoms. The molecule has 2 heterocycles. The zero-order valence-corrected chi connectivity index (χ0v) is 7.85. The van der Waals surface area contributed by atoms with E-state index >= 15 is 0 Å². The van der Waals surface area contributed by atoms with E-state index in [4.69, 9.17) is 19.3 Å². The molecule has 2 saturated heterocycles. The molecule has 0 amide bonds. The minimum atomic E-state index is -0.981. The summed E-state index contributed by atoms with van der Waals surface area (Å²) in [6, 6.07) is 0. The SMILES string of the molecule is C.C(OCC1CO1)C1CO1.C=CC(=O)O. The largest absolute Gasteiger partial charge is 0.478 e. The van der Waals surface area contributed by atoms with Crippen molar-refractivity contribution < 1.29 is 24.1 Å². The van der Waals surface area contributed by atoms with Gasteiger partial charge in [-0.2, -0.15) is 0 Å². The minimum absolute atomic E-state index is 0. The highest BCUT2D eigenvalue weighted by Crippen LogP contribution is 2.12. The summed E-state index contributed by atoms with van der Waals surface area (Å²) < 4.78 is 15.1. The van der Waals surface area contributed by atoms with Gasteiger partial charge in [0.1, 0.15) is 12.2 Å². The molecule has 0 aromatic rings. The van der Waals surface area contributed by atoms with Crippen molar-refractivity contribution in [1.82, 2.24) is 0 Å². The molecule has 2 unspecified atom stereocenters. The molecule has 88 valence electrons. The van der Waals surface area contributed by atoms with Crippen molar-refractivity contribution in [2.24, 2.45) is 0 Å². The van der Waals surface area contributed by atoms with Crippen molar-refractivity contribution in [3.8, 4) is 0 Å². The summed E-state index contributed by atoms with van der Waals surface area (Å²) in [7, 11) is 0. The third-order valence-electron chi connectivity index (χ3n) is 1.59. The number of carbonyl (C=O) groups is 1. The van der Waals surface area contributed by atoms with Crippen LogP contribution < -0.4 is 0 Å². The highest BCUT2D eigenvalue weighted by molar-refractivity contribution is 5.78. The number of carboxylic acids is 1. The van der Waals surface area contributed by atoms with Gasteiger partial charge < -0.3 is 19.3 Å². The molecular formula is C10H18O5. The van der Waals surface area contributed by atoms with Gasteiger partial charge in [0.2, 0.25) is 0 Å². The Balaban J connectivity index is 0.000000289. The first kappa shape index (κ1) is 14.1. The molecule has 5 heteroatoms. The molecule has 0 aromatic carbocycles. The minimum Gasteiger partial charge on any atom is -0.478 e. The summed E-state index contributed by atoms with van der Waals surface area (Å²) in [6.07, 6.45) is 1.62. The third kappa shape index (κ3) is 9.40. The van der Waals surface area contributed by atoms with Gasteiger partial charge in [-0.15, -0.1) is 0 Å². The highest BCUT2D eigenvalue weighted by atomic mass is 16.6. The van der Waals surface area contributed by atoms with Gasteiger partial charge in [0.15, 0.2) is 0 Å². The van der Waals surface area contributed by atoms with E-state index in [0.717, 1.165) is 32.5 Å². The Bertz CT molecular complexity index is 184. The first-order valence-corrected chi connectivity index (χ1v) is 4.38. The van der Waals surface area contributed by atoms with E-state index in [1.54, 1.807) is 0 Å². The molecule has 0 radical (unpaired) electrons. The van der Waals surface area contributed by atoms with Crippen LogP contribution in [0.4, 0.5) is 0 Å². The fraction of sp³-hybridized carbons (Fsp3) is 0.700. The molecule has 0 spiro atoms. The van der Waals surface area contributed by atoms with Gasteiger partial charge in [0.25, 0.3) is 0 Å². The van der Waals surface area contributed by atoms with Crippen LogP contribution in [0, 0.1) is 0 Å². The van der Waals surface area contributed by atoms with Gasteiger partial charge in [-0.25, -0.2) is 4.79 Å². The number of epoxide rings is 2. The summed E-state index contributed by atoms with van der Waals surface area (Å²) in [6.45, 7) is 6.22. The smallest absolute Gasteiger partial charge is 0.327 e. The Morgan fingerprint density at radius 2 is 1.73 bits per heavy atom. The number of ether oxygens (including phenoxy) is 3. The normalized spacial score (nSPS) is 25.3. The molecule has 2 atom stereocenters. The number of rotatable bonds is 5. The van der Waals surface area contributed by atoms with Crippen LogP contribution in [-0.4, -0.2) is 49.7 Å². The van der Waals surface area contributed by atoms with E-state index in [-0.39, 0.29) is 7.43 Å². The molecular weight excluding hydrogens is 200 g/mol. The molecule has 2 rings (SSSR count). The van der Waals surface area contributed by atoms with Crippen molar-refractivity contribution in [1.29, 1.82) is 0 Å². The zero-order valence-electron chi connectivity index (χ0n) is 7.85. The number of hydrogen-bond acceptors (Lipinski definition) is 4. The summed E-state index contributed by atoms with van der Waals surface area (Å²) in [5.41, 5.74) is 0. The Morgan fingerprint density at radius 1 is 1.40 bits per heavy atom. The Morgan fingerprint density at radius 3 is 1.93 bits per heavy atom. The first-order valence-electron chi connectivity index (χ1n) is 4.38. The van der Waals surface area contributed by atoms with Crippen molar-refractivity contribution in [2.45, 2.75) is 19.6 Å². The van der Waals surface area contributed by atoms with Gasteiger partial charge in [-0.1, -0.05) is 14.0 Å². The maximum atomic E-state index is 9.25. The average molecular weight is 218 g/mol. The van der Waals surface area contributed by atoms with Crippen molar-refractivity contribution in [2.75, 3.05) is 26.4 Å². The lowest BCUT2D eigenvalue weighted by atomic mass is 10.5. The van der Waals surface area contributed by atoms with E-state index < -0.39 is 5.97 Å². The van der Waals surface area contributed by atoms with E-state index in [1.807, 2.05) is 0 Å². The molecule has 0 saturated carbocycles. The second kappa shape index (κ2) is 7.39. The van der Waals surface area contributed by atoms with Crippen molar-refractivity contribution in [3.05, 3.63) is 12.7 Å². The second-order valence-corrected chi connectivity index (χ2v) is 2.99. The summed E-state index contributed by atoms with van der Waals surface area (Å²) in [5, 5.41) is 7.60. The highest BCUT2D eigenvalue weighted by Gasteiger charge is 2.26. The fourth-order valence-corrected chi connectivity index (χ4v) is 0.659. The predicted molar refractivity (Wildman–Crippen MR) is 54.9 cm³/mol. The van der Waals surface area contributed by atoms with E-state index in [1.165, 1.54) is 0 Å². The Kier molecular flexibility index (Phi) is 6.94. The summed E-state index contributed by atoms with van der Waals surface area (Å²) >= 11 is 0. The fourth-order valence-electron chi connectivity index (χ4n) is 0.659. The van der Waals surface area contributed by atoms with Gasteiger partial charge in [0.05, 0.1) is 26.4 Å². The second-order valence-electron chi connectivity index (χ2n) is 2.99. The molecule has 2 aliphatic rings. The molecule has 2 aliphatic heterocycles. The molecule has 0 aromatic heterocycles. The van der Waals surface area contributed by atoms with Crippen LogP contribution in [0.3, 0.4) is 0 Å². The maximum absolute atomic E-state index is 9.25. The van der Waals surface area contributed by atoms with E-state index in [0.29, 0.717) is 12.2 Å². The molecule has 1 N–H and O–H groups in total. The summed E-state index contributed by atoms with van der Waals surface area (Å²) in [5.74, 6) is -0.981. The number of carboxylic acid groups (broad SMARTS) is 1. The van der Waals surface area contributed by atoms with Crippen LogP contribution in [0.25, 0.3) is 0 Å². The predicted octanol–water partition coefficient (Wildman–Crippen LogP) is 0.694. The third-order valence-corrected chi connectivity index (χ3v) is 1.59. The zero-order chi connectivity index (χ0) is 10.4. The van der Waals surface area contributed by atoms with Crippen molar-refractivity contribution >= 4 is 5.97 Å². The number of hydrogen-bond donors (Lipinski definition) is 1. The molecule has 0 bridgehead atoms. The van der Waals surface area contributed by atoms with Crippen LogP contribution in [0.5, 0.6) is 0 Å². The van der Waals surface area contributed by atoms with Gasteiger partial charge >= 0.3 is 5.97 Å². The quantitative estimate of drug-likeness (QED) is 0.543. The Hall–Kier alpha value is -0.910. The topological polar surface area (TPSA) is 71.6 Å². The van der Waals surface area contributed by atoms with Crippen LogP contribution in [0.2, 0.25) is 0 Å². The molecule has 5 nitrogen and oxygen atoms in total. The molecule has 0 aliphatic carbocycles. The first-order chi connectivity index (χ1) is 6.72. The lowest BCUT2D eigenvalue weighted by Gasteiger charge is -1.95. The lowest BCUT2D eigenvalue weighted by molar-refractivity contribution is -0.131. The maximum Gasteiger partial charge on any atom is 0.327 e. The van der Waals surface area contributed by atoms with E-state index in [2.05, 4.69) is 6.58 Å². The average Bonchev–Trinajstić information content (AvgIpc) is 2.99. The molecule has 2 fully saturated rings.